The Morgan fingerprint density at radius 3 is 2.70 bits per heavy atom. The van der Waals surface area contributed by atoms with Crippen molar-refractivity contribution in [1.29, 1.82) is 0 Å². The van der Waals surface area contributed by atoms with Crippen molar-refractivity contribution in [1.82, 2.24) is 9.55 Å². The molecule has 2 rings (SSSR count). The van der Waals surface area contributed by atoms with Crippen LogP contribution in [0.2, 0.25) is 0 Å². The van der Waals surface area contributed by atoms with Gasteiger partial charge in [0.05, 0.1) is 5.69 Å². The number of aromatic nitrogens is 2. The summed E-state index contributed by atoms with van der Waals surface area (Å²) in [5, 5.41) is 2.64. The highest BCUT2D eigenvalue weighted by molar-refractivity contribution is 5.91. The molecule has 0 unspecified atom stereocenters. The van der Waals surface area contributed by atoms with Gasteiger partial charge in [-0.25, -0.2) is 9.37 Å². The number of halogens is 1. The number of nitrogens with one attached hydrogen (secondary N) is 1. The van der Waals surface area contributed by atoms with Crippen LogP contribution in [0.15, 0.2) is 23.0 Å². The fourth-order valence-electron chi connectivity index (χ4n) is 2.31. The summed E-state index contributed by atoms with van der Waals surface area (Å²) in [6.07, 6.45) is 0.590. The van der Waals surface area contributed by atoms with Crippen molar-refractivity contribution in [3.63, 3.8) is 0 Å². The predicted octanol–water partition coefficient (Wildman–Crippen LogP) is 1.78. The topological polar surface area (TPSA) is 90.0 Å². The van der Waals surface area contributed by atoms with Crippen LogP contribution in [0.4, 0.5) is 16.0 Å². The number of hydrogen-bond donors (Lipinski definition) is 2. The quantitative estimate of drug-likeness (QED) is 0.899. The van der Waals surface area contributed by atoms with Gasteiger partial charge in [0.15, 0.2) is 0 Å². The van der Waals surface area contributed by atoms with E-state index in [1.165, 1.54) is 18.2 Å². The third-order valence-electron chi connectivity index (χ3n) is 3.62. The molecule has 122 valence electrons. The average Bonchev–Trinajstić information content (AvgIpc) is 2.50. The second kappa shape index (κ2) is 6.60. The number of nitrogens with two attached hydrogens (primary N) is 1. The fraction of sp³-hybridized carbons (Fsp3) is 0.312. The van der Waals surface area contributed by atoms with E-state index in [9.17, 15) is 14.0 Å². The Morgan fingerprint density at radius 2 is 2.09 bits per heavy atom. The number of rotatable bonds is 4. The van der Waals surface area contributed by atoms with E-state index >= 15 is 0 Å². The number of benzene rings is 1. The highest BCUT2D eigenvalue weighted by atomic mass is 19.1. The Kier molecular flexibility index (Phi) is 4.78. The third-order valence-corrected chi connectivity index (χ3v) is 3.62. The molecule has 1 amide bonds. The number of anilines is 2. The summed E-state index contributed by atoms with van der Waals surface area (Å²) in [5.41, 5.74) is 7.63. The largest absolute Gasteiger partial charge is 0.369 e. The lowest BCUT2D eigenvalue weighted by Crippen LogP contribution is -2.32. The Labute approximate surface area is 133 Å². The van der Waals surface area contributed by atoms with Gasteiger partial charge in [0.2, 0.25) is 11.9 Å². The Hall–Kier alpha value is -2.70. The van der Waals surface area contributed by atoms with Gasteiger partial charge in [-0.15, -0.1) is 0 Å². The highest BCUT2D eigenvalue weighted by Gasteiger charge is 2.14. The van der Waals surface area contributed by atoms with Crippen molar-refractivity contribution in [3.05, 3.63) is 51.2 Å². The number of carbonyl (C=O) groups is 1. The first-order valence-electron chi connectivity index (χ1n) is 7.25. The van der Waals surface area contributed by atoms with E-state index in [0.29, 0.717) is 28.9 Å². The summed E-state index contributed by atoms with van der Waals surface area (Å²) in [4.78, 5) is 28.6. The summed E-state index contributed by atoms with van der Waals surface area (Å²) in [6.45, 7) is 4.97. The van der Waals surface area contributed by atoms with Crippen LogP contribution in [-0.2, 0) is 17.8 Å². The minimum atomic E-state index is -0.432. The molecule has 6 nitrogen and oxygen atoms in total. The molecule has 0 fully saturated rings. The van der Waals surface area contributed by atoms with E-state index in [4.69, 9.17) is 5.73 Å². The van der Waals surface area contributed by atoms with Crippen LogP contribution < -0.4 is 16.6 Å². The monoisotopic (exact) mass is 318 g/mol. The normalized spacial score (nSPS) is 10.6. The zero-order valence-electron chi connectivity index (χ0n) is 13.3. The maximum Gasteiger partial charge on any atom is 0.258 e. The van der Waals surface area contributed by atoms with E-state index in [2.05, 4.69) is 10.3 Å². The Bertz CT molecular complexity index is 814. The van der Waals surface area contributed by atoms with Gasteiger partial charge in [0.1, 0.15) is 12.4 Å². The summed E-state index contributed by atoms with van der Waals surface area (Å²) >= 11 is 0. The maximum absolute atomic E-state index is 13.1. The predicted molar refractivity (Wildman–Crippen MR) is 86.8 cm³/mol. The van der Waals surface area contributed by atoms with Gasteiger partial charge in [0, 0.05) is 11.3 Å². The van der Waals surface area contributed by atoms with E-state index in [1.54, 1.807) is 13.8 Å². The number of nitrogens with zero attached hydrogens (tertiary/aromatic N) is 2. The smallest absolute Gasteiger partial charge is 0.258 e. The molecule has 0 aliphatic rings. The number of hydrogen-bond acceptors (Lipinski definition) is 4. The van der Waals surface area contributed by atoms with Crippen molar-refractivity contribution >= 4 is 17.5 Å². The third kappa shape index (κ3) is 3.56. The van der Waals surface area contributed by atoms with E-state index in [1.807, 2.05) is 6.92 Å². The summed E-state index contributed by atoms with van der Waals surface area (Å²) in [7, 11) is 0. The van der Waals surface area contributed by atoms with Crippen LogP contribution in [0.25, 0.3) is 0 Å². The average molecular weight is 318 g/mol. The van der Waals surface area contributed by atoms with Crippen LogP contribution in [0.5, 0.6) is 0 Å². The Morgan fingerprint density at radius 1 is 1.39 bits per heavy atom. The van der Waals surface area contributed by atoms with Crippen LogP contribution in [-0.4, -0.2) is 15.5 Å². The van der Waals surface area contributed by atoms with Crippen molar-refractivity contribution < 1.29 is 9.18 Å². The number of aryl methyl sites for hydroxylation is 2. The molecule has 0 saturated heterocycles. The molecular formula is C16H19FN4O2. The molecule has 7 heteroatoms. The van der Waals surface area contributed by atoms with Gasteiger partial charge in [-0.2, -0.15) is 0 Å². The fourth-order valence-corrected chi connectivity index (χ4v) is 2.31. The molecule has 2 aromatic rings. The molecule has 3 N–H and O–H groups in total. The van der Waals surface area contributed by atoms with Gasteiger partial charge in [-0.1, -0.05) is 6.92 Å². The molecular weight excluding hydrogens is 299 g/mol. The molecule has 1 aromatic carbocycles. The van der Waals surface area contributed by atoms with Crippen molar-refractivity contribution in [3.8, 4) is 0 Å². The van der Waals surface area contributed by atoms with Gasteiger partial charge < -0.3 is 11.1 Å². The second-order valence-electron chi connectivity index (χ2n) is 5.29. The zero-order chi connectivity index (χ0) is 17.1. The first kappa shape index (κ1) is 16.7. The second-order valence-corrected chi connectivity index (χ2v) is 5.29. The molecule has 1 aromatic heterocycles. The van der Waals surface area contributed by atoms with Crippen LogP contribution >= 0.6 is 0 Å². The van der Waals surface area contributed by atoms with Crippen LogP contribution in [0.1, 0.15) is 23.7 Å². The van der Waals surface area contributed by atoms with E-state index < -0.39 is 5.91 Å². The molecule has 0 saturated carbocycles. The lowest BCUT2D eigenvalue weighted by Gasteiger charge is -2.13. The van der Waals surface area contributed by atoms with Crippen molar-refractivity contribution in [2.24, 2.45) is 0 Å². The molecule has 0 atom stereocenters. The summed E-state index contributed by atoms with van der Waals surface area (Å²) in [6, 6.07) is 4.04. The molecule has 0 radical (unpaired) electrons. The molecule has 0 bridgehead atoms. The molecule has 0 spiro atoms. The van der Waals surface area contributed by atoms with Crippen LogP contribution in [0, 0.1) is 19.7 Å². The number of nitrogen functional groups attached to an aromatic ring is 1. The number of carbonyl (C=O) groups excluding carboxylic acids is 1. The van der Waals surface area contributed by atoms with Crippen molar-refractivity contribution in [2.45, 2.75) is 33.7 Å². The maximum atomic E-state index is 13.1. The van der Waals surface area contributed by atoms with E-state index in [0.717, 1.165) is 4.57 Å². The lowest BCUT2D eigenvalue weighted by molar-refractivity contribution is -0.116. The zero-order valence-corrected chi connectivity index (χ0v) is 13.3. The highest BCUT2D eigenvalue weighted by Crippen LogP contribution is 2.15. The van der Waals surface area contributed by atoms with Crippen LogP contribution in [0.3, 0.4) is 0 Å². The summed E-state index contributed by atoms with van der Waals surface area (Å²) in [5.74, 6) is -0.807. The first-order chi connectivity index (χ1) is 10.8. The first-order valence-corrected chi connectivity index (χ1v) is 7.25. The van der Waals surface area contributed by atoms with E-state index in [-0.39, 0.29) is 23.9 Å². The van der Waals surface area contributed by atoms with Crippen molar-refractivity contribution in [2.75, 3.05) is 11.1 Å². The lowest BCUT2D eigenvalue weighted by atomic mass is 10.2. The SMILES string of the molecule is CCc1nc(N)n(CC(=O)Nc2ccc(F)cc2C)c(=O)c1C. The molecule has 1 heterocycles. The minimum absolute atomic E-state index is 0.00317. The molecule has 0 aliphatic carbocycles. The number of amides is 1. The van der Waals surface area contributed by atoms with Gasteiger partial charge >= 0.3 is 0 Å². The summed E-state index contributed by atoms with van der Waals surface area (Å²) < 4.78 is 14.2. The van der Waals surface area contributed by atoms with Gasteiger partial charge in [-0.3, -0.25) is 14.2 Å². The Balaban J connectivity index is 2.24. The van der Waals surface area contributed by atoms with Gasteiger partial charge in [-0.05, 0) is 44.0 Å². The molecule has 0 aliphatic heterocycles. The molecule has 23 heavy (non-hydrogen) atoms. The minimum Gasteiger partial charge on any atom is -0.369 e. The standard InChI is InChI=1S/C16H19FN4O2/c1-4-12-10(3)15(23)21(16(18)20-12)8-14(22)19-13-6-5-11(17)7-9(13)2/h5-7H,4,8H2,1-3H3,(H2,18,20)(H,19,22). The van der Waals surface area contributed by atoms with Gasteiger partial charge in [0.25, 0.3) is 5.56 Å².